The molecule has 2 rings (SSSR count). The number of carbonyl (C=O) groups excluding carboxylic acids is 1. The highest BCUT2D eigenvalue weighted by Gasteiger charge is 2.20. The van der Waals surface area contributed by atoms with Gasteiger partial charge in [-0.1, -0.05) is 23.7 Å². The summed E-state index contributed by atoms with van der Waals surface area (Å²) in [5.41, 5.74) is 1.21. The molecule has 2 N–H and O–H groups in total. The van der Waals surface area contributed by atoms with Gasteiger partial charge in [0.15, 0.2) is 0 Å². The largest absolute Gasteiger partial charge is 0.368 e. The van der Waals surface area contributed by atoms with E-state index in [-0.39, 0.29) is 11.4 Å². The van der Waals surface area contributed by atoms with Gasteiger partial charge in [-0.25, -0.2) is 0 Å². The van der Waals surface area contributed by atoms with Gasteiger partial charge in [0.25, 0.3) is 0 Å². The van der Waals surface area contributed by atoms with E-state index >= 15 is 0 Å². The molecule has 25 heavy (non-hydrogen) atoms. The number of benzene rings is 1. The Labute approximate surface area is 156 Å². The molecule has 0 atom stereocenters. The van der Waals surface area contributed by atoms with Crippen molar-refractivity contribution in [2.24, 2.45) is 0 Å². The van der Waals surface area contributed by atoms with Crippen molar-refractivity contribution in [1.82, 2.24) is 15.5 Å². The highest BCUT2D eigenvalue weighted by atomic mass is 35.5. The molecule has 1 heterocycles. The Morgan fingerprint density at radius 3 is 2.44 bits per heavy atom. The second-order valence-corrected chi connectivity index (χ2v) is 8.00. The first-order valence-corrected chi connectivity index (χ1v) is 9.46. The number of hydrogen-bond donors (Lipinski definition) is 2. The zero-order valence-electron chi connectivity index (χ0n) is 15.6. The summed E-state index contributed by atoms with van der Waals surface area (Å²) >= 11 is 6.26. The van der Waals surface area contributed by atoms with E-state index in [1.807, 2.05) is 18.2 Å². The van der Waals surface area contributed by atoms with Crippen LogP contribution in [0.5, 0.6) is 0 Å². The second kappa shape index (κ2) is 9.41. The Hall–Kier alpha value is -1.30. The van der Waals surface area contributed by atoms with E-state index in [0.717, 1.165) is 56.4 Å². The summed E-state index contributed by atoms with van der Waals surface area (Å²) < 4.78 is 0. The van der Waals surface area contributed by atoms with Gasteiger partial charge in [0, 0.05) is 38.3 Å². The van der Waals surface area contributed by atoms with Crippen LogP contribution in [0.2, 0.25) is 5.02 Å². The van der Waals surface area contributed by atoms with E-state index in [0.29, 0.717) is 6.54 Å². The third-order valence-electron chi connectivity index (χ3n) is 4.26. The summed E-state index contributed by atoms with van der Waals surface area (Å²) in [6.45, 7) is 12.1. The Kier molecular flexibility index (Phi) is 7.54. The Morgan fingerprint density at radius 2 is 1.80 bits per heavy atom. The lowest BCUT2D eigenvalue weighted by Crippen LogP contribution is -2.49. The highest BCUT2D eigenvalue weighted by molar-refractivity contribution is 6.33. The first-order chi connectivity index (χ1) is 11.8. The minimum Gasteiger partial charge on any atom is -0.368 e. The van der Waals surface area contributed by atoms with E-state index in [1.54, 1.807) is 0 Å². The van der Waals surface area contributed by atoms with Crippen molar-refractivity contribution in [2.75, 3.05) is 50.7 Å². The predicted octanol–water partition coefficient (Wildman–Crippen LogP) is 2.36. The van der Waals surface area contributed by atoms with Crippen LogP contribution in [0.4, 0.5) is 5.69 Å². The number of para-hydroxylation sites is 1. The van der Waals surface area contributed by atoms with Crippen molar-refractivity contribution in [3.8, 4) is 0 Å². The summed E-state index contributed by atoms with van der Waals surface area (Å²) in [5, 5.41) is 7.23. The maximum atomic E-state index is 12.1. The molecule has 1 amide bonds. The summed E-state index contributed by atoms with van der Waals surface area (Å²) in [4.78, 5) is 16.6. The molecule has 0 aromatic heterocycles. The molecule has 0 saturated carbocycles. The minimum atomic E-state index is 0.113. The van der Waals surface area contributed by atoms with Gasteiger partial charge < -0.3 is 15.5 Å². The highest BCUT2D eigenvalue weighted by Crippen LogP contribution is 2.25. The molecule has 0 radical (unpaired) electrons. The molecule has 0 aliphatic carbocycles. The number of hydrogen-bond acceptors (Lipinski definition) is 4. The average molecular weight is 367 g/mol. The van der Waals surface area contributed by atoms with Gasteiger partial charge in [0.05, 0.1) is 17.3 Å². The molecule has 6 heteroatoms. The van der Waals surface area contributed by atoms with Crippen molar-refractivity contribution in [2.45, 2.75) is 32.7 Å². The Morgan fingerprint density at radius 1 is 1.12 bits per heavy atom. The number of amides is 1. The summed E-state index contributed by atoms with van der Waals surface area (Å²) in [6.07, 6.45) is 0.948. The zero-order valence-corrected chi connectivity index (χ0v) is 16.4. The van der Waals surface area contributed by atoms with Crippen LogP contribution in [0.25, 0.3) is 0 Å². The maximum Gasteiger partial charge on any atom is 0.234 e. The van der Waals surface area contributed by atoms with Gasteiger partial charge in [0.2, 0.25) is 5.91 Å². The fraction of sp³-hybridized carbons (Fsp3) is 0.632. The lowest BCUT2D eigenvalue weighted by molar-refractivity contribution is -0.122. The quantitative estimate of drug-likeness (QED) is 0.727. The SMILES string of the molecule is CC(C)(C)NCCCNC(=O)CN1CCN(c2ccccc2Cl)CC1. The second-order valence-electron chi connectivity index (χ2n) is 7.59. The average Bonchev–Trinajstić information content (AvgIpc) is 2.55. The van der Waals surface area contributed by atoms with Crippen molar-refractivity contribution >= 4 is 23.2 Å². The standard InChI is InChI=1S/C19H31ClN4O/c1-19(2,3)22-10-6-9-21-18(25)15-23-11-13-24(14-12-23)17-8-5-4-7-16(17)20/h4-5,7-8,22H,6,9-15H2,1-3H3,(H,21,25). The van der Waals surface area contributed by atoms with Crippen molar-refractivity contribution in [3.05, 3.63) is 29.3 Å². The lowest BCUT2D eigenvalue weighted by atomic mass is 10.1. The lowest BCUT2D eigenvalue weighted by Gasteiger charge is -2.36. The van der Waals surface area contributed by atoms with Crippen LogP contribution in [0.1, 0.15) is 27.2 Å². The number of anilines is 1. The molecule has 5 nitrogen and oxygen atoms in total. The van der Waals surface area contributed by atoms with Crippen LogP contribution in [0.3, 0.4) is 0 Å². The number of rotatable bonds is 7. The van der Waals surface area contributed by atoms with Gasteiger partial charge in [-0.15, -0.1) is 0 Å². The summed E-state index contributed by atoms with van der Waals surface area (Å²) in [6, 6.07) is 7.93. The molecular formula is C19H31ClN4O. The number of halogens is 1. The normalized spacial score (nSPS) is 16.1. The molecule has 140 valence electrons. The predicted molar refractivity (Wildman–Crippen MR) is 105 cm³/mol. The molecular weight excluding hydrogens is 336 g/mol. The number of nitrogens with zero attached hydrogens (tertiary/aromatic N) is 2. The van der Waals surface area contributed by atoms with Gasteiger partial charge in [-0.2, -0.15) is 0 Å². The summed E-state index contributed by atoms with van der Waals surface area (Å²) in [5.74, 6) is 0.113. The number of carbonyl (C=O) groups is 1. The molecule has 1 fully saturated rings. The third kappa shape index (κ3) is 7.22. The van der Waals surface area contributed by atoms with Crippen LogP contribution in [-0.4, -0.2) is 62.2 Å². The molecule has 1 aromatic rings. The van der Waals surface area contributed by atoms with Crippen LogP contribution in [0, 0.1) is 0 Å². The van der Waals surface area contributed by atoms with Crippen LogP contribution in [-0.2, 0) is 4.79 Å². The minimum absolute atomic E-state index is 0.113. The van der Waals surface area contributed by atoms with Gasteiger partial charge >= 0.3 is 0 Å². The van der Waals surface area contributed by atoms with Crippen molar-refractivity contribution in [3.63, 3.8) is 0 Å². The maximum absolute atomic E-state index is 12.1. The van der Waals surface area contributed by atoms with E-state index < -0.39 is 0 Å². The Bertz CT molecular complexity index is 551. The first-order valence-electron chi connectivity index (χ1n) is 9.09. The van der Waals surface area contributed by atoms with E-state index in [2.05, 4.69) is 47.3 Å². The Balaban J connectivity index is 1.63. The topological polar surface area (TPSA) is 47.6 Å². The van der Waals surface area contributed by atoms with E-state index in [9.17, 15) is 4.79 Å². The fourth-order valence-electron chi connectivity index (χ4n) is 2.89. The summed E-state index contributed by atoms with van der Waals surface area (Å²) in [7, 11) is 0. The number of piperazine rings is 1. The van der Waals surface area contributed by atoms with E-state index in [1.165, 1.54) is 0 Å². The molecule has 0 unspecified atom stereocenters. The first kappa shape index (κ1) is 20.0. The monoisotopic (exact) mass is 366 g/mol. The van der Waals surface area contributed by atoms with Crippen LogP contribution in [0.15, 0.2) is 24.3 Å². The fourth-order valence-corrected chi connectivity index (χ4v) is 3.15. The van der Waals surface area contributed by atoms with E-state index in [4.69, 9.17) is 11.6 Å². The molecule has 1 saturated heterocycles. The molecule has 1 aliphatic heterocycles. The molecule has 1 aromatic carbocycles. The van der Waals surface area contributed by atoms with Crippen molar-refractivity contribution in [1.29, 1.82) is 0 Å². The zero-order chi connectivity index (χ0) is 18.3. The molecule has 0 spiro atoms. The van der Waals surface area contributed by atoms with Gasteiger partial charge in [0.1, 0.15) is 0 Å². The van der Waals surface area contributed by atoms with Gasteiger partial charge in [-0.3, -0.25) is 9.69 Å². The number of nitrogens with one attached hydrogen (secondary N) is 2. The van der Waals surface area contributed by atoms with Crippen LogP contribution < -0.4 is 15.5 Å². The molecule has 0 bridgehead atoms. The van der Waals surface area contributed by atoms with Crippen LogP contribution >= 0.6 is 11.6 Å². The molecule has 1 aliphatic rings. The van der Waals surface area contributed by atoms with Crippen molar-refractivity contribution < 1.29 is 4.79 Å². The van der Waals surface area contributed by atoms with Gasteiger partial charge in [-0.05, 0) is 45.9 Å². The third-order valence-corrected chi connectivity index (χ3v) is 4.58. The smallest absolute Gasteiger partial charge is 0.234 e.